The average molecular weight is 613 g/mol. The summed E-state index contributed by atoms with van der Waals surface area (Å²) < 4.78 is 1.16. The molecule has 0 spiro atoms. The number of nitrogens with zero attached hydrogens (tertiary/aromatic N) is 4. The molecule has 44 heavy (non-hydrogen) atoms. The number of pyridine rings is 1. The number of rotatable bonds is 8. The standard InChI is InChI=1S/C32H30ClN7O4/c1-3-39-31(43)27(40(9-10-40)32(44)37-28-18(2)16-35-17-25(28)33)15-26(38-39)20-6-4-5-19(11-20)21-12-22(29(34)41)14-23(13-21)30(42)36-24-7-8-24/h4-6,11-17,24H,3,7-10H2,1-2H3,(H3-,34,35,36,37,41,42,44)/p+1. The van der Waals surface area contributed by atoms with E-state index in [4.69, 9.17) is 17.3 Å². The zero-order chi connectivity index (χ0) is 31.2. The highest BCUT2D eigenvalue weighted by atomic mass is 35.5. The van der Waals surface area contributed by atoms with Crippen molar-refractivity contribution in [3.63, 3.8) is 0 Å². The third kappa shape index (κ3) is 5.59. The number of urea groups is 1. The first-order valence-electron chi connectivity index (χ1n) is 14.4. The van der Waals surface area contributed by atoms with Crippen LogP contribution in [0.2, 0.25) is 5.02 Å². The molecule has 1 aliphatic carbocycles. The zero-order valence-corrected chi connectivity index (χ0v) is 25.0. The van der Waals surface area contributed by atoms with Gasteiger partial charge in [0, 0.05) is 47.7 Å². The van der Waals surface area contributed by atoms with Gasteiger partial charge in [-0.2, -0.15) is 9.58 Å². The highest BCUT2D eigenvalue weighted by Gasteiger charge is 2.55. The SMILES string of the molecule is CCn1nc(-c2cccc(-c3cc(C(N)=O)cc(C(=O)NC4CC4)c3)c2)cc([N+]2(C(=O)Nc3c(C)cncc3Cl)CC2)c1=O. The first kappa shape index (κ1) is 29.2. The summed E-state index contributed by atoms with van der Waals surface area (Å²) in [7, 11) is 0. The Morgan fingerprint density at radius 2 is 1.75 bits per heavy atom. The van der Waals surface area contributed by atoms with Crippen LogP contribution in [-0.2, 0) is 6.54 Å². The van der Waals surface area contributed by atoms with Crippen molar-refractivity contribution < 1.29 is 14.4 Å². The Morgan fingerprint density at radius 1 is 1.02 bits per heavy atom. The number of carbonyl (C=O) groups is 3. The fourth-order valence-electron chi connectivity index (χ4n) is 5.17. The number of aromatic nitrogens is 3. The van der Waals surface area contributed by atoms with Crippen molar-refractivity contribution in [2.75, 3.05) is 18.4 Å². The smallest absolute Gasteiger partial charge is 0.366 e. The molecular formula is C32H31ClN7O4+. The molecule has 3 heterocycles. The monoisotopic (exact) mass is 612 g/mol. The number of benzene rings is 2. The number of halogens is 1. The number of nitrogens with one attached hydrogen (secondary N) is 2. The molecule has 0 atom stereocenters. The molecule has 4 amide bonds. The number of primary amides is 1. The molecule has 2 aliphatic rings. The molecule has 1 saturated heterocycles. The fourth-order valence-corrected chi connectivity index (χ4v) is 5.42. The first-order valence-corrected chi connectivity index (χ1v) is 14.8. The number of hydrogen-bond donors (Lipinski definition) is 3. The maximum Gasteiger partial charge on any atom is 0.426 e. The molecule has 4 aromatic rings. The lowest BCUT2D eigenvalue weighted by Crippen LogP contribution is -2.43. The molecule has 0 radical (unpaired) electrons. The van der Waals surface area contributed by atoms with Gasteiger partial charge in [0.15, 0.2) is 0 Å². The Bertz CT molecular complexity index is 1880. The van der Waals surface area contributed by atoms with Gasteiger partial charge in [0.25, 0.3) is 5.91 Å². The molecular weight excluding hydrogens is 582 g/mol. The van der Waals surface area contributed by atoms with Gasteiger partial charge in [0.05, 0.1) is 16.4 Å². The molecule has 6 rings (SSSR count). The van der Waals surface area contributed by atoms with E-state index in [0.717, 1.165) is 18.4 Å². The van der Waals surface area contributed by atoms with E-state index in [1.54, 1.807) is 31.3 Å². The van der Waals surface area contributed by atoms with Gasteiger partial charge in [-0.1, -0.05) is 29.8 Å². The third-order valence-electron chi connectivity index (χ3n) is 7.98. The summed E-state index contributed by atoms with van der Waals surface area (Å²) in [6, 6.07) is 13.7. The number of nitrogens with two attached hydrogens (primary N) is 1. The molecule has 1 saturated carbocycles. The predicted octanol–water partition coefficient (Wildman–Crippen LogP) is 4.50. The quantitative estimate of drug-likeness (QED) is 0.197. The van der Waals surface area contributed by atoms with Crippen LogP contribution in [-0.4, -0.2) is 51.7 Å². The minimum Gasteiger partial charge on any atom is -0.366 e. The van der Waals surface area contributed by atoms with E-state index in [-0.39, 0.29) is 33.6 Å². The van der Waals surface area contributed by atoms with Gasteiger partial charge >= 0.3 is 11.6 Å². The van der Waals surface area contributed by atoms with Crippen LogP contribution >= 0.6 is 11.6 Å². The second-order valence-electron chi connectivity index (χ2n) is 11.2. The van der Waals surface area contributed by atoms with E-state index in [1.807, 2.05) is 31.2 Å². The second-order valence-corrected chi connectivity index (χ2v) is 11.6. The van der Waals surface area contributed by atoms with Gasteiger partial charge in [-0.05, 0) is 67.6 Å². The maximum atomic E-state index is 13.6. The van der Waals surface area contributed by atoms with Crippen LogP contribution in [0.4, 0.5) is 16.2 Å². The Hall–Kier alpha value is -4.87. The van der Waals surface area contributed by atoms with E-state index in [9.17, 15) is 19.2 Å². The van der Waals surface area contributed by atoms with Gasteiger partial charge in [0.1, 0.15) is 13.1 Å². The van der Waals surface area contributed by atoms with Crippen LogP contribution in [0.25, 0.3) is 22.4 Å². The Labute approximate surface area is 258 Å². The van der Waals surface area contributed by atoms with Gasteiger partial charge in [0.2, 0.25) is 11.6 Å². The van der Waals surface area contributed by atoms with E-state index < -0.39 is 5.91 Å². The highest BCUT2D eigenvalue weighted by Crippen LogP contribution is 2.35. The van der Waals surface area contributed by atoms with Crippen LogP contribution in [0.15, 0.2) is 65.7 Å². The van der Waals surface area contributed by atoms with Crippen molar-refractivity contribution in [1.29, 1.82) is 0 Å². The van der Waals surface area contributed by atoms with Crippen molar-refractivity contribution in [2.45, 2.75) is 39.3 Å². The molecule has 1 aliphatic heterocycles. The van der Waals surface area contributed by atoms with E-state index in [2.05, 4.69) is 20.7 Å². The number of aryl methyl sites for hydroxylation is 2. The zero-order valence-electron chi connectivity index (χ0n) is 24.3. The van der Waals surface area contributed by atoms with Gasteiger partial charge in [-0.15, -0.1) is 0 Å². The van der Waals surface area contributed by atoms with Crippen LogP contribution in [0.5, 0.6) is 0 Å². The minimum atomic E-state index is -0.640. The maximum absolute atomic E-state index is 13.6. The van der Waals surface area contributed by atoms with Crippen LogP contribution < -0.4 is 26.4 Å². The largest absolute Gasteiger partial charge is 0.426 e. The molecule has 12 heteroatoms. The van der Waals surface area contributed by atoms with Gasteiger partial charge < -0.3 is 11.1 Å². The Balaban J connectivity index is 1.38. The molecule has 2 aromatic heterocycles. The van der Waals surface area contributed by atoms with Crippen LogP contribution in [0.3, 0.4) is 0 Å². The lowest BCUT2D eigenvalue weighted by molar-refractivity contribution is 0.0951. The van der Waals surface area contributed by atoms with Gasteiger partial charge in [-0.3, -0.25) is 24.7 Å². The Kier molecular flexibility index (Phi) is 7.52. The normalized spacial score (nSPS) is 15.0. The summed E-state index contributed by atoms with van der Waals surface area (Å²) in [6.07, 6.45) is 4.94. The molecule has 224 valence electrons. The average Bonchev–Trinajstić information content (AvgIpc) is 3.95. The molecule has 2 fully saturated rings. The summed E-state index contributed by atoms with van der Waals surface area (Å²) in [5.74, 6) is -0.901. The highest BCUT2D eigenvalue weighted by molar-refractivity contribution is 6.33. The molecule has 0 bridgehead atoms. The number of quaternary nitrogens is 1. The predicted molar refractivity (Wildman–Crippen MR) is 169 cm³/mol. The number of amides is 4. The number of carbonyl (C=O) groups excluding carboxylic acids is 3. The fraction of sp³-hybridized carbons (Fsp3) is 0.250. The van der Waals surface area contributed by atoms with Crippen molar-refractivity contribution in [2.24, 2.45) is 5.73 Å². The summed E-state index contributed by atoms with van der Waals surface area (Å²) in [4.78, 5) is 56.2. The summed E-state index contributed by atoms with van der Waals surface area (Å²) in [6.45, 7) is 4.80. The third-order valence-corrected chi connectivity index (χ3v) is 8.27. The first-order chi connectivity index (χ1) is 21.1. The lowest BCUT2D eigenvalue weighted by atomic mass is 9.97. The van der Waals surface area contributed by atoms with E-state index >= 15 is 0 Å². The lowest BCUT2D eigenvalue weighted by Gasteiger charge is -2.18. The topological polar surface area (TPSA) is 149 Å². The van der Waals surface area contributed by atoms with Crippen LogP contribution in [0.1, 0.15) is 46.0 Å². The van der Waals surface area contributed by atoms with Gasteiger partial charge in [-0.25, -0.2) is 9.48 Å². The minimum absolute atomic E-state index is 0.155. The van der Waals surface area contributed by atoms with Crippen molar-refractivity contribution in [1.82, 2.24) is 24.6 Å². The summed E-state index contributed by atoms with van der Waals surface area (Å²) >= 11 is 6.31. The molecule has 0 unspecified atom stereocenters. The summed E-state index contributed by atoms with van der Waals surface area (Å²) in [5.41, 5.74) is 9.82. The van der Waals surface area contributed by atoms with Crippen molar-refractivity contribution in [3.05, 3.63) is 93.0 Å². The molecule has 4 N–H and O–H groups in total. The second kappa shape index (κ2) is 11.3. The van der Waals surface area contributed by atoms with E-state index in [0.29, 0.717) is 64.0 Å². The van der Waals surface area contributed by atoms with Crippen molar-refractivity contribution in [3.8, 4) is 22.4 Å². The molecule has 11 nitrogen and oxygen atoms in total. The van der Waals surface area contributed by atoms with Crippen LogP contribution in [0, 0.1) is 6.92 Å². The number of anilines is 1. The van der Waals surface area contributed by atoms with Crippen molar-refractivity contribution >= 4 is 40.8 Å². The van der Waals surface area contributed by atoms with E-state index in [1.165, 1.54) is 16.9 Å². The number of hydrogen-bond acceptors (Lipinski definition) is 6. The molecule has 2 aromatic carbocycles. The summed E-state index contributed by atoms with van der Waals surface area (Å²) in [5, 5.41) is 10.8. The Morgan fingerprint density at radius 3 is 2.41 bits per heavy atom.